The van der Waals surface area contributed by atoms with Crippen molar-refractivity contribution in [2.75, 3.05) is 35.8 Å². The molecule has 37 heavy (non-hydrogen) atoms. The summed E-state index contributed by atoms with van der Waals surface area (Å²) in [5.74, 6) is -0.319. The van der Waals surface area contributed by atoms with Crippen LogP contribution in [0.5, 0.6) is 0 Å². The molecule has 0 radical (unpaired) electrons. The Morgan fingerprint density at radius 2 is 2.05 bits per heavy atom. The topological polar surface area (TPSA) is 230 Å². The largest absolute Gasteiger partial charge is 0.394 e. The van der Waals surface area contributed by atoms with E-state index in [4.69, 9.17) is 10.5 Å². The van der Waals surface area contributed by atoms with E-state index in [0.717, 1.165) is 0 Å². The highest BCUT2D eigenvalue weighted by Gasteiger charge is 2.45. The molecule has 198 valence electrons. The number of H-pyrrole nitrogens is 1. The van der Waals surface area contributed by atoms with E-state index in [1.807, 2.05) is 18.7 Å². The molecule has 1 aromatic carbocycles. The number of nitro groups is 1. The Labute approximate surface area is 209 Å². The zero-order valence-corrected chi connectivity index (χ0v) is 20.0. The third kappa shape index (κ3) is 4.82. The van der Waals surface area contributed by atoms with E-state index >= 15 is 0 Å². The molecular formula is C21H27N9O7. The summed E-state index contributed by atoms with van der Waals surface area (Å²) in [6.07, 6.45) is -4.01. The fraction of sp³-hybridized carbons (Fsp3) is 0.429. The highest BCUT2D eigenvalue weighted by molar-refractivity contribution is 5.84. The summed E-state index contributed by atoms with van der Waals surface area (Å²) in [7, 11) is 0. The summed E-state index contributed by atoms with van der Waals surface area (Å²) >= 11 is 0. The van der Waals surface area contributed by atoms with Gasteiger partial charge in [0.15, 0.2) is 17.4 Å². The molecule has 1 fully saturated rings. The molecule has 7 N–H and O–H groups in total. The predicted molar refractivity (Wildman–Crippen MR) is 133 cm³/mol. The molecule has 0 saturated carbocycles. The number of nitrogens with zero attached hydrogens (tertiary/aromatic N) is 6. The van der Waals surface area contributed by atoms with Gasteiger partial charge >= 0.3 is 0 Å². The normalized spacial score (nSPS) is 21.6. The van der Waals surface area contributed by atoms with Crippen molar-refractivity contribution in [1.82, 2.24) is 19.5 Å². The van der Waals surface area contributed by atoms with Crippen LogP contribution in [-0.4, -0.2) is 84.0 Å². The molecule has 4 atom stereocenters. The Kier molecular flexibility index (Phi) is 7.35. The standard InChI is InChI=1S/C21H27N9O7/c1-3-28(4-2)11-6-5-10(7-12(11)30(35)36)8-23-27-21-24-14-17(25-20(22)26-18(14)34)29(21)19-16(33)15(32)13(9-31)37-19/h5-8,13,15-16,19,31-33H,3-4,9H2,1-2H3,(H,24,27)(H3,22,25,26,34)/b23-8-/t13-,15-,16-,19-/m1/s1. The summed E-state index contributed by atoms with van der Waals surface area (Å²) in [4.78, 5) is 36.0. The fourth-order valence-corrected chi connectivity index (χ4v) is 4.18. The van der Waals surface area contributed by atoms with Crippen LogP contribution in [0.3, 0.4) is 0 Å². The number of imidazole rings is 1. The van der Waals surface area contributed by atoms with E-state index in [1.54, 1.807) is 12.1 Å². The molecule has 16 nitrogen and oxygen atoms in total. The van der Waals surface area contributed by atoms with E-state index in [0.29, 0.717) is 24.3 Å². The third-order valence-electron chi connectivity index (χ3n) is 6.02. The average molecular weight is 518 g/mol. The third-order valence-corrected chi connectivity index (χ3v) is 6.02. The maximum absolute atomic E-state index is 12.4. The highest BCUT2D eigenvalue weighted by atomic mass is 16.6. The number of fused-ring (bicyclic) bond motifs is 1. The summed E-state index contributed by atoms with van der Waals surface area (Å²) in [6, 6.07) is 4.67. The van der Waals surface area contributed by atoms with E-state index in [2.05, 4.69) is 25.5 Å². The molecule has 0 bridgehead atoms. The lowest BCUT2D eigenvalue weighted by atomic mass is 10.1. The number of aliphatic hydroxyl groups excluding tert-OH is 3. The maximum atomic E-state index is 12.4. The second-order valence-corrected chi connectivity index (χ2v) is 8.21. The molecule has 3 heterocycles. The van der Waals surface area contributed by atoms with Crippen molar-refractivity contribution >= 4 is 40.6 Å². The van der Waals surface area contributed by atoms with Crippen molar-refractivity contribution in [2.24, 2.45) is 5.10 Å². The molecule has 1 aliphatic rings. The summed E-state index contributed by atoms with van der Waals surface area (Å²) < 4.78 is 6.77. The van der Waals surface area contributed by atoms with Gasteiger partial charge in [-0.25, -0.2) is 10.4 Å². The molecule has 0 spiro atoms. The molecule has 16 heteroatoms. The van der Waals surface area contributed by atoms with Crippen LogP contribution >= 0.6 is 0 Å². The van der Waals surface area contributed by atoms with Crippen LogP contribution in [0.25, 0.3) is 11.2 Å². The van der Waals surface area contributed by atoms with E-state index < -0.39 is 41.6 Å². The minimum absolute atomic E-state index is 0.0620. The Bertz CT molecular complexity index is 1380. The number of nitrogens with two attached hydrogens (primary N) is 1. The Balaban J connectivity index is 1.71. The van der Waals surface area contributed by atoms with Crippen LogP contribution in [0.1, 0.15) is 25.6 Å². The van der Waals surface area contributed by atoms with Crippen LogP contribution in [0.15, 0.2) is 28.1 Å². The van der Waals surface area contributed by atoms with Gasteiger partial charge in [-0.05, 0) is 19.9 Å². The number of nitrogens with one attached hydrogen (secondary N) is 2. The van der Waals surface area contributed by atoms with Gasteiger partial charge in [0.05, 0.1) is 17.7 Å². The number of hydrazone groups is 1. The highest BCUT2D eigenvalue weighted by Crippen LogP contribution is 2.34. The van der Waals surface area contributed by atoms with Crippen molar-refractivity contribution < 1.29 is 25.0 Å². The smallest absolute Gasteiger partial charge is 0.293 e. The van der Waals surface area contributed by atoms with Crippen LogP contribution < -0.4 is 21.6 Å². The van der Waals surface area contributed by atoms with Gasteiger partial charge in [-0.2, -0.15) is 10.1 Å². The number of hydrogen-bond acceptors (Lipinski definition) is 13. The van der Waals surface area contributed by atoms with E-state index in [1.165, 1.54) is 16.8 Å². The molecule has 2 aromatic heterocycles. The van der Waals surface area contributed by atoms with Gasteiger partial charge in [0.1, 0.15) is 24.0 Å². The second-order valence-electron chi connectivity index (χ2n) is 8.21. The molecule has 0 aliphatic carbocycles. The van der Waals surface area contributed by atoms with Crippen molar-refractivity contribution in [3.05, 3.63) is 44.2 Å². The molecular weight excluding hydrogens is 490 g/mol. The lowest BCUT2D eigenvalue weighted by molar-refractivity contribution is -0.384. The predicted octanol–water partition coefficient (Wildman–Crippen LogP) is -0.486. The average Bonchev–Trinajstić information content (AvgIpc) is 3.36. The number of benzene rings is 1. The van der Waals surface area contributed by atoms with Gasteiger partial charge in [-0.3, -0.25) is 24.5 Å². The first-order valence-electron chi connectivity index (χ1n) is 11.4. The zero-order chi connectivity index (χ0) is 26.9. The number of nitro benzene ring substituents is 1. The summed E-state index contributed by atoms with van der Waals surface area (Å²) in [5, 5.41) is 45.9. The molecule has 0 unspecified atom stereocenters. The van der Waals surface area contributed by atoms with E-state index in [9.17, 15) is 30.2 Å². The fourth-order valence-electron chi connectivity index (χ4n) is 4.18. The Morgan fingerprint density at radius 3 is 2.68 bits per heavy atom. The lowest BCUT2D eigenvalue weighted by Gasteiger charge is -2.20. The lowest BCUT2D eigenvalue weighted by Crippen LogP contribution is -2.33. The number of aromatic nitrogens is 4. The van der Waals surface area contributed by atoms with Crippen molar-refractivity contribution in [1.29, 1.82) is 0 Å². The molecule has 1 aliphatic heterocycles. The number of anilines is 3. The first kappa shape index (κ1) is 26.0. The van der Waals surface area contributed by atoms with Crippen LogP contribution in [0.4, 0.5) is 23.3 Å². The molecule has 3 aromatic rings. The van der Waals surface area contributed by atoms with Crippen molar-refractivity contribution in [2.45, 2.75) is 38.4 Å². The van der Waals surface area contributed by atoms with Crippen LogP contribution in [0.2, 0.25) is 0 Å². The van der Waals surface area contributed by atoms with Gasteiger partial charge in [0, 0.05) is 24.7 Å². The van der Waals surface area contributed by atoms with Crippen LogP contribution in [-0.2, 0) is 4.74 Å². The quantitative estimate of drug-likeness (QED) is 0.120. The SMILES string of the molecule is CCN(CC)c1ccc(/C=N\Nc2nc3c(=O)[nH]c(N)nc3n2[C@@H]2O[C@H](CO)[C@@H](O)[C@H]2O)cc1[N+](=O)[O-]. The van der Waals surface area contributed by atoms with Gasteiger partial charge < -0.3 is 30.7 Å². The molecule has 4 rings (SSSR count). The maximum Gasteiger partial charge on any atom is 0.293 e. The van der Waals surface area contributed by atoms with Crippen LogP contribution in [0, 0.1) is 10.1 Å². The Morgan fingerprint density at radius 1 is 1.32 bits per heavy atom. The number of hydrogen-bond donors (Lipinski definition) is 6. The van der Waals surface area contributed by atoms with Crippen molar-refractivity contribution in [3.8, 4) is 0 Å². The summed E-state index contributed by atoms with van der Waals surface area (Å²) in [5.41, 5.74) is 8.23. The first-order chi connectivity index (χ1) is 17.7. The Hall–Kier alpha value is -4.12. The molecule has 0 amide bonds. The number of nitrogen functional groups attached to an aromatic ring is 1. The second kappa shape index (κ2) is 10.5. The molecule has 1 saturated heterocycles. The van der Waals surface area contributed by atoms with Gasteiger partial charge in [-0.1, -0.05) is 6.07 Å². The monoisotopic (exact) mass is 517 g/mol. The van der Waals surface area contributed by atoms with Gasteiger partial charge in [0.2, 0.25) is 11.9 Å². The minimum Gasteiger partial charge on any atom is -0.394 e. The number of aliphatic hydroxyl groups is 3. The van der Waals surface area contributed by atoms with Gasteiger partial charge in [-0.15, -0.1) is 0 Å². The number of aromatic amines is 1. The van der Waals surface area contributed by atoms with Crippen molar-refractivity contribution in [3.63, 3.8) is 0 Å². The number of ether oxygens (including phenoxy) is 1. The van der Waals surface area contributed by atoms with E-state index in [-0.39, 0.29) is 28.7 Å². The number of rotatable bonds is 9. The minimum atomic E-state index is -1.50. The summed E-state index contributed by atoms with van der Waals surface area (Å²) in [6.45, 7) is 4.43. The zero-order valence-electron chi connectivity index (χ0n) is 20.0. The van der Waals surface area contributed by atoms with Gasteiger partial charge in [0.25, 0.3) is 11.2 Å². The first-order valence-corrected chi connectivity index (χ1v) is 11.4.